The number of carbonyl (C=O) groups is 1. The van der Waals surface area contributed by atoms with Gasteiger partial charge in [0, 0.05) is 35.0 Å². The lowest BCUT2D eigenvalue weighted by atomic mass is 10.1. The Labute approximate surface area is 232 Å². The van der Waals surface area contributed by atoms with Crippen molar-refractivity contribution in [3.63, 3.8) is 0 Å². The van der Waals surface area contributed by atoms with Crippen molar-refractivity contribution in [2.75, 3.05) is 19.0 Å². The zero-order chi connectivity index (χ0) is 28.6. The second-order valence-electron chi connectivity index (χ2n) is 8.71. The molecule has 1 fully saturated rings. The first-order valence-electron chi connectivity index (χ1n) is 12.1. The minimum atomic E-state index is -4.18. The van der Waals surface area contributed by atoms with Crippen molar-refractivity contribution >= 4 is 29.6 Å². The summed E-state index contributed by atoms with van der Waals surface area (Å²) in [5, 5.41) is 6.92. The number of hydrogen-bond donors (Lipinski definition) is 1. The Morgan fingerprint density at radius 1 is 1.36 bits per heavy atom. The quantitative estimate of drug-likeness (QED) is 0.0869. The fourth-order valence-corrected chi connectivity index (χ4v) is 5.70. The molecule has 0 radical (unpaired) electrons. The number of aromatic nitrogens is 2. The molecule has 0 saturated carbocycles. The van der Waals surface area contributed by atoms with Crippen LogP contribution in [-0.4, -0.2) is 52.3 Å². The number of hydrogen-bond acceptors (Lipinski definition) is 9. The van der Waals surface area contributed by atoms with Gasteiger partial charge in [-0.2, -0.15) is 5.09 Å². The van der Waals surface area contributed by atoms with E-state index in [4.69, 9.17) is 19.3 Å². The highest BCUT2D eigenvalue weighted by Gasteiger charge is 2.40. The van der Waals surface area contributed by atoms with Crippen molar-refractivity contribution < 1.29 is 27.9 Å². The summed E-state index contributed by atoms with van der Waals surface area (Å²) < 4.78 is 38.0. The van der Waals surface area contributed by atoms with Gasteiger partial charge < -0.3 is 14.0 Å². The van der Waals surface area contributed by atoms with E-state index in [2.05, 4.69) is 35.8 Å². The van der Waals surface area contributed by atoms with Crippen molar-refractivity contribution in [1.29, 1.82) is 0 Å². The fraction of sp³-hybridized carbons (Fsp3) is 0.522. The van der Waals surface area contributed by atoms with Crippen LogP contribution in [-0.2, 0) is 29.9 Å². The van der Waals surface area contributed by atoms with Crippen LogP contribution < -0.4 is 20.9 Å². The van der Waals surface area contributed by atoms with Crippen molar-refractivity contribution in [1.82, 2.24) is 14.2 Å². The average molecular weight is 629 g/mol. The van der Waals surface area contributed by atoms with E-state index in [-0.39, 0.29) is 25.3 Å². The van der Waals surface area contributed by atoms with E-state index in [1.807, 2.05) is 0 Å². The highest BCUT2D eigenvalue weighted by molar-refractivity contribution is 9.09. The number of methoxy groups -OCH3 is 1. The topological polar surface area (TPSA) is 176 Å². The summed E-state index contributed by atoms with van der Waals surface area (Å²) in [7, 11) is -2.99. The summed E-state index contributed by atoms with van der Waals surface area (Å²) in [4.78, 5) is 40.5. The molecule has 0 aliphatic carbocycles. The van der Waals surface area contributed by atoms with Crippen molar-refractivity contribution in [2.24, 2.45) is 5.11 Å². The zero-order valence-electron chi connectivity index (χ0n) is 21.6. The van der Waals surface area contributed by atoms with Gasteiger partial charge in [0.25, 0.3) is 5.56 Å². The number of benzene rings is 1. The number of ether oxygens (including phenoxy) is 2. The molecule has 2 aromatic rings. The maximum Gasteiger partial charge on any atom is 0.459 e. The van der Waals surface area contributed by atoms with Crippen molar-refractivity contribution in [2.45, 2.75) is 57.6 Å². The highest BCUT2D eigenvalue weighted by Crippen LogP contribution is 2.46. The Balaban J connectivity index is 1.85. The molecule has 2 unspecified atom stereocenters. The van der Waals surface area contributed by atoms with Crippen molar-refractivity contribution in [3.05, 3.63) is 73.4 Å². The van der Waals surface area contributed by atoms with Crippen LogP contribution >= 0.6 is 23.7 Å². The van der Waals surface area contributed by atoms with Crippen LogP contribution in [0.3, 0.4) is 0 Å². The molecular weight excluding hydrogens is 599 g/mol. The smallest absolute Gasteiger partial charge is 0.459 e. The molecule has 2 heterocycles. The molecule has 0 bridgehead atoms. The molecule has 3 rings (SSSR count). The summed E-state index contributed by atoms with van der Waals surface area (Å²) >= 11 is 3.30. The summed E-state index contributed by atoms with van der Waals surface area (Å²) in [5.74, 6) is -0.473. The number of nitrogens with zero attached hydrogens (tertiary/aromatic N) is 5. The van der Waals surface area contributed by atoms with Gasteiger partial charge in [0.1, 0.15) is 18.0 Å². The molecule has 5 atom stereocenters. The predicted octanol–water partition coefficient (Wildman–Crippen LogP) is 3.42. The molecule has 1 aromatic carbocycles. The van der Waals surface area contributed by atoms with Gasteiger partial charge >= 0.3 is 19.4 Å². The van der Waals surface area contributed by atoms with Crippen LogP contribution in [0, 0.1) is 6.92 Å². The number of azide groups is 1. The Kier molecular flexibility index (Phi) is 10.9. The number of carbonyl (C=O) groups excluding carboxylic acids is 1. The van der Waals surface area contributed by atoms with Crippen LogP contribution in [0.2, 0.25) is 0 Å². The molecule has 212 valence electrons. The molecule has 1 aliphatic heterocycles. The lowest BCUT2D eigenvalue weighted by molar-refractivity contribution is -0.142. The van der Waals surface area contributed by atoms with Gasteiger partial charge in [-0.15, -0.1) is 0 Å². The second kappa shape index (κ2) is 13.9. The third-order valence-electron chi connectivity index (χ3n) is 5.88. The van der Waals surface area contributed by atoms with E-state index in [0.717, 1.165) is 4.57 Å². The van der Waals surface area contributed by atoms with Crippen LogP contribution in [0.4, 0.5) is 0 Å². The Morgan fingerprint density at radius 3 is 2.72 bits per heavy atom. The lowest BCUT2D eigenvalue weighted by Crippen LogP contribution is -2.42. The fourth-order valence-electron chi connectivity index (χ4n) is 3.95. The normalized spacial score (nSPS) is 21.0. The van der Waals surface area contributed by atoms with Gasteiger partial charge in [-0.3, -0.25) is 23.2 Å². The molecule has 14 nitrogen and oxygen atoms in total. The molecule has 39 heavy (non-hydrogen) atoms. The Hall–Kier alpha value is -2.93. The van der Waals surface area contributed by atoms with E-state index in [0.29, 0.717) is 17.3 Å². The van der Waals surface area contributed by atoms with E-state index >= 15 is 0 Å². The van der Waals surface area contributed by atoms with E-state index in [1.54, 1.807) is 37.3 Å². The van der Waals surface area contributed by atoms with E-state index in [1.165, 1.54) is 24.8 Å². The van der Waals surface area contributed by atoms with Gasteiger partial charge in [0.15, 0.2) is 0 Å². The average Bonchev–Trinajstić information content (AvgIpc) is 3.32. The van der Waals surface area contributed by atoms with Gasteiger partial charge in [0.05, 0.1) is 25.9 Å². The third kappa shape index (κ3) is 7.81. The summed E-state index contributed by atoms with van der Waals surface area (Å²) in [6, 6.07) is 6.36. The SMILES string of the molecule is COC(=O)C(C)NP(=O)(OC[C@H]1O[C@@H](n2cc(C)c(=O)n(CCCBr)c2=O)C[C@@H]1N=[N+]=[N-])Oc1ccccc1. The summed E-state index contributed by atoms with van der Waals surface area (Å²) in [6.45, 7) is 2.87. The van der Waals surface area contributed by atoms with Crippen LogP contribution in [0.25, 0.3) is 10.4 Å². The van der Waals surface area contributed by atoms with Gasteiger partial charge in [-0.1, -0.05) is 39.2 Å². The maximum absolute atomic E-state index is 13.6. The first-order chi connectivity index (χ1) is 18.6. The molecule has 0 amide bonds. The molecule has 0 spiro atoms. The first kappa shape index (κ1) is 30.6. The molecule has 16 heteroatoms. The number of halogens is 1. The summed E-state index contributed by atoms with van der Waals surface area (Å²) in [6.07, 6.45) is 0.260. The van der Waals surface area contributed by atoms with Gasteiger partial charge in [-0.05, 0) is 37.9 Å². The first-order valence-corrected chi connectivity index (χ1v) is 14.7. The standard InChI is InChI=1S/C23H30BrN6O8P/c1-15-13-30(23(33)29(21(15)31)11-7-10-24)20-12-18(26-28-25)19(37-20)14-36-39(34,27-16(2)22(32)35-3)38-17-8-5-4-6-9-17/h4-6,8-9,13,16,18-20H,7,10-12,14H2,1-3H3,(H,27,34)/t16?,18-,19+,20+,39?/m0/s1. The van der Waals surface area contributed by atoms with Crippen LogP contribution in [0.1, 0.15) is 31.6 Å². The van der Waals surface area contributed by atoms with Crippen LogP contribution in [0.5, 0.6) is 5.75 Å². The van der Waals surface area contributed by atoms with Gasteiger partial charge in [0.2, 0.25) is 0 Å². The third-order valence-corrected chi connectivity index (χ3v) is 8.09. The maximum atomic E-state index is 13.6. The molecule has 1 N–H and O–H groups in total. The number of rotatable bonds is 13. The highest BCUT2D eigenvalue weighted by atomic mass is 79.9. The lowest BCUT2D eigenvalue weighted by Gasteiger charge is -2.24. The van der Waals surface area contributed by atoms with Crippen molar-refractivity contribution in [3.8, 4) is 5.75 Å². The second-order valence-corrected chi connectivity index (χ2v) is 11.2. The number of alkyl halides is 1. The number of para-hydroxylation sites is 1. The van der Waals surface area contributed by atoms with Gasteiger partial charge in [-0.25, -0.2) is 9.36 Å². The molecule has 1 saturated heterocycles. The van der Waals surface area contributed by atoms with E-state index in [9.17, 15) is 18.9 Å². The van der Waals surface area contributed by atoms with E-state index < -0.39 is 49.4 Å². The molecular formula is C23H30BrN6O8P. The number of nitrogens with one attached hydrogen (secondary N) is 1. The molecule has 1 aliphatic rings. The minimum Gasteiger partial charge on any atom is -0.468 e. The Morgan fingerprint density at radius 2 is 2.08 bits per heavy atom. The predicted molar refractivity (Wildman–Crippen MR) is 145 cm³/mol. The molecule has 1 aromatic heterocycles. The summed E-state index contributed by atoms with van der Waals surface area (Å²) in [5.41, 5.74) is 8.49. The van der Waals surface area contributed by atoms with Crippen LogP contribution in [0.15, 0.2) is 51.2 Å². The number of esters is 1. The zero-order valence-corrected chi connectivity index (χ0v) is 24.1. The minimum absolute atomic E-state index is 0.101. The number of aryl methyl sites for hydroxylation is 1. The monoisotopic (exact) mass is 628 g/mol. The largest absolute Gasteiger partial charge is 0.468 e. The Bertz CT molecular complexity index is 1360.